The van der Waals surface area contributed by atoms with E-state index in [4.69, 9.17) is 18.3 Å². The summed E-state index contributed by atoms with van der Waals surface area (Å²) in [5.74, 6) is 2.29. The molecule has 0 aromatic heterocycles. The summed E-state index contributed by atoms with van der Waals surface area (Å²) in [7, 11) is -4.58. The molecule has 1 aliphatic rings. The maximum Gasteiger partial charge on any atom is 0.261 e. The van der Waals surface area contributed by atoms with Crippen molar-refractivity contribution in [2.75, 3.05) is 19.8 Å². The summed E-state index contributed by atoms with van der Waals surface area (Å²) in [4.78, 5) is 0. The molecule has 272 valence electrons. The molecule has 1 saturated heterocycles. The summed E-state index contributed by atoms with van der Waals surface area (Å²) >= 11 is 0. The van der Waals surface area contributed by atoms with Gasteiger partial charge in [0.05, 0.1) is 6.61 Å². The Labute approximate surface area is 298 Å². The van der Waals surface area contributed by atoms with Crippen LogP contribution in [0.2, 0.25) is 23.2 Å². The minimum atomic E-state index is -2.60. The highest BCUT2D eigenvalue weighted by molar-refractivity contribution is 6.99. The van der Waals surface area contributed by atoms with Crippen LogP contribution in [0, 0.1) is 23.7 Å². The van der Waals surface area contributed by atoms with Crippen LogP contribution in [-0.4, -0.2) is 48.8 Å². The van der Waals surface area contributed by atoms with E-state index in [0.717, 1.165) is 26.1 Å². The molecule has 2 aromatic carbocycles. The van der Waals surface area contributed by atoms with Crippen LogP contribution in [0.5, 0.6) is 0 Å². The van der Waals surface area contributed by atoms with Gasteiger partial charge in [-0.15, -0.1) is 0 Å². The molecule has 1 aliphatic heterocycles. The molecule has 4 nitrogen and oxygen atoms in total. The molecule has 0 N–H and O–H groups in total. The predicted molar refractivity (Wildman–Crippen MR) is 210 cm³/mol. The molecular formula is C42H72O4Si2. The van der Waals surface area contributed by atoms with Crippen molar-refractivity contribution in [3.8, 4) is 0 Å². The molecule has 0 radical (unpaired) electrons. The van der Waals surface area contributed by atoms with Crippen LogP contribution < -0.4 is 10.4 Å². The number of hydrogen-bond acceptors (Lipinski definition) is 4. The first-order valence-electron chi connectivity index (χ1n) is 19.1. The van der Waals surface area contributed by atoms with Crippen LogP contribution in [0.1, 0.15) is 114 Å². The Kier molecular flexibility index (Phi) is 15.7. The van der Waals surface area contributed by atoms with Crippen LogP contribution in [0.4, 0.5) is 0 Å². The standard InChI is InChI=1S/C42H72O4Si2/c1-33(30-35(3)32-44-40-25-19-20-27-43-40)29-34(2)31-36(4)39(46-47(11,12)41(5,6)7)26-28-45-48(42(8,9)10,37-21-15-13-16-22-37)38-23-17-14-18-24-38/h13-18,21-24,33-36,39-40H,19-20,25-32H2,1-12H3/t33-,34+,35+,36+,39+,40?/m1/s1. The van der Waals surface area contributed by atoms with Crippen LogP contribution >= 0.6 is 0 Å². The lowest BCUT2D eigenvalue weighted by Gasteiger charge is -2.44. The fourth-order valence-electron chi connectivity index (χ4n) is 7.64. The molecule has 1 heterocycles. The van der Waals surface area contributed by atoms with Crippen molar-refractivity contribution in [2.45, 2.75) is 150 Å². The molecule has 0 bridgehead atoms. The Bertz CT molecular complexity index is 1130. The summed E-state index contributed by atoms with van der Waals surface area (Å²) in [5, 5.41) is 2.80. The van der Waals surface area contributed by atoms with Crippen molar-refractivity contribution in [3.63, 3.8) is 0 Å². The van der Waals surface area contributed by atoms with E-state index >= 15 is 0 Å². The van der Waals surface area contributed by atoms with E-state index in [9.17, 15) is 0 Å². The van der Waals surface area contributed by atoms with Crippen molar-refractivity contribution < 1.29 is 18.3 Å². The highest BCUT2D eigenvalue weighted by Crippen LogP contribution is 2.40. The van der Waals surface area contributed by atoms with E-state index in [1.807, 2.05) is 0 Å². The van der Waals surface area contributed by atoms with Crippen molar-refractivity contribution >= 4 is 27.0 Å². The minimum Gasteiger partial charge on any atom is -0.414 e. The second-order valence-electron chi connectivity index (χ2n) is 17.8. The first kappa shape index (κ1) is 41.1. The minimum absolute atomic E-state index is 0.00898. The Morgan fingerprint density at radius 3 is 1.77 bits per heavy atom. The fourth-order valence-corrected chi connectivity index (χ4v) is 13.7. The van der Waals surface area contributed by atoms with E-state index < -0.39 is 16.6 Å². The van der Waals surface area contributed by atoms with Crippen LogP contribution in [-0.2, 0) is 18.3 Å². The molecule has 0 amide bonds. The average molecular weight is 697 g/mol. The van der Waals surface area contributed by atoms with Crippen molar-refractivity contribution in [1.29, 1.82) is 0 Å². The van der Waals surface area contributed by atoms with Gasteiger partial charge in [-0.1, -0.05) is 130 Å². The van der Waals surface area contributed by atoms with Gasteiger partial charge in [0.25, 0.3) is 8.32 Å². The second-order valence-corrected chi connectivity index (χ2v) is 26.9. The Balaban J connectivity index is 1.71. The number of rotatable bonds is 18. The zero-order chi connectivity index (χ0) is 35.6. The van der Waals surface area contributed by atoms with Crippen LogP contribution in [0.25, 0.3) is 0 Å². The number of hydrogen-bond donors (Lipinski definition) is 0. The quantitative estimate of drug-likeness (QED) is 0.145. The van der Waals surface area contributed by atoms with Gasteiger partial charge in [0.15, 0.2) is 14.6 Å². The zero-order valence-corrected chi connectivity index (χ0v) is 34.9. The van der Waals surface area contributed by atoms with E-state index in [-0.39, 0.29) is 22.5 Å². The first-order valence-corrected chi connectivity index (χ1v) is 23.9. The largest absolute Gasteiger partial charge is 0.414 e. The lowest BCUT2D eigenvalue weighted by atomic mass is 9.84. The van der Waals surface area contributed by atoms with E-state index in [2.05, 4.69) is 143 Å². The van der Waals surface area contributed by atoms with Gasteiger partial charge in [-0.2, -0.15) is 0 Å². The van der Waals surface area contributed by atoms with Gasteiger partial charge in [-0.3, -0.25) is 0 Å². The van der Waals surface area contributed by atoms with Crippen molar-refractivity contribution in [3.05, 3.63) is 60.7 Å². The molecular weight excluding hydrogens is 625 g/mol. The van der Waals surface area contributed by atoms with Crippen LogP contribution in [0.15, 0.2) is 60.7 Å². The first-order chi connectivity index (χ1) is 22.5. The summed E-state index contributed by atoms with van der Waals surface area (Å²) in [5.41, 5.74) is 0. The topological polar surface area (TPSA) is 36.9 Å². The van der Waals surface area contributed by atoms with E-state index in [1.54, 1.807) is 0 Å². The highest BCUT2D eigenvalue weighted by Gasteiger charge is 2.50. The monoisotopic (exact) mass is 696 g/mol. The summed E-state index contributed by atoms with van der Waals surface area (Å²) in [6.07, 6.45) is 8.12. The molecule has 2 aromatic rings. The molecule has 1 unspecified atom stereocenters. The van der Waals surface area contributed by atoms with Gasteiger partial charge in [-0.05, 0) is 102 Å². The highest BCUT2D eigenvalue weighted by atomic mass is 28.4. The smallest absolute Gasteiger partial charge is 0.261 e. The Hall–Kier alpha value is -1.29. The van der Waals surface area contributed by atoms with Crippen molar-refractivity contribution in [1.82, 2.24) is 0 Å². The second kappa shape index (κ2) is 18.3. The summed E-state index contributed by atoms with van der Waals surface area (Å²) in [6.45, 7) is 31.0. The van der Waals surface area contributed by atoms with Crippen molar-refractivity contribution in [2.24, 2.45) is 23.7 Å². The van der Waals surface area contributed by atoms with E-state index in [1.165, 1.54) is 42.5 Å². The van der Waals surface area contributed by atoms with Gasteiger partial charge >= 0.3 is 0 Å². The third kappa shape index (κ3) is 11.6. The third-order valence-electron chi connectivity index (χ3n) is 11.1. The fraction of sp³-hybridized carbons (Fsp3) is 0.714. The number of benzene rings is 2. The molecule has 0 saturated carbocycles. The SMILES string of the molecule is C[C@@H](C[C@H](C)COC1CCCCO1)C[C@H](C)C[C@H](C)[C@H](CCO[Si](c1ccccc1)(c1ccccc1)C(C)(C)C)O[Si](C)(C)C(C)(C)C. The van der Waals surface area contributed by atoms with Crippen LogP contribution in [0.3, 0.4) is 0 Å². The van der Waals surface area contributed by atoms with Gasteiger partial charge in [0, 0.05) is 19.3 Å². The molecule has 0 aliphatic carbocycles. The molecule has 6 heteroatoms. The molecule has 48 heavy (non-hydrogen) atoms. The molecule has 0 spiro atoms. The van der Waals surface area contributed by atoms with Gasteiger partial charge in [0.2, 0.25) is 0 Å². The summed E-state index contributed by atoms with van der Waals surface area (Å²) < 4.78 is 26.6. The molecule has 6 atom stereocenters. The van der Waals surface area contributed by atoms with Gasteiger partial charge < -0.3 is 18.3 Å². The predicted octanol–water partition coefficient (Wildman–Crippen LogP) is 10.6. The third-order valence-corrected chi connectivity index (χ3v) is 20.7. The maximum absolute atomic E-state index is 7.38. The summed E-state index contributed by atoms with van der Waals surface area (Å²) in [6, 6.07) is 22.1. The maximum atomic E-state index is 7.38. The van der Waals surface area contributed by atoms with Gasteiger partial charge in [-0.25, -0.2) is 0 Å². The zero-order valence-electron chi connectivity index (χ0n) is 32.9. The lowest BCUT2D eigenvalue weighted by Crippen LogP contribution is -2.66. The van der Waals surface area contributed by atoms with E-state index in [0.29, 0.717) is 30.3 Å². The molecule has 3 rings (SSSR count). The Morgan fingerprint density at radius 1 is 0.729 bits per heavy atom. The number of ether oxygens (including phenoxy) is 2. The Morgan fingerprint density at radius 2 is 1.27 bits per heavy atom. The molecule has 1 fully saturated rings. The lowest BCUT2D eigenvalue weighted by molar-refractivity contribution is -0.168. The normalized spacial score (nSPS) is 19.8. The average Bonchev–Trinajstić information content (AvgIpc) is 3.01. The van der Waals surface area contributed by atoms with Gasteiger partial charge in [0.1, 0.15) is 0 Å².